The van der Waals surface area contributed by atoms with Crippen molar-refractivity contribution in [3.05, 3.63) is 46.5 Å². The van der Waals surface area contributed by atoms with Crippen molar-refractivity contribution in [2.45, 2.75) is 31.8 Å². The predicted octanol–water partition coefficient (Wildman–Crippen LogP) is 2.82. The van der Waals surface area contributed by atoms with Crippen LogP contribution in [0, 0.1) is 0 Å². The Balaban J connectivity index is 1.66. The molecule has 2 amide bonds. The van der Waals surface area contributed by atoms with E-state index in [1.807, 2.05) is 10.3 Å². The van der Waals surface area contributed by atoms with Crippen LogP contribution in [-0.4, -0.2) is 29.3 Å². The van der Waals surface area contributed by atoms with Crippen LogP contribution in [0.1, 0.15) is 41.7 Å². The van der Waals surface area contributed by atoms with Crippen molar-refractivity contribution < 1.29 is 14.0 Å². The standard InChI is InChI=1S/C16H18N2O3S/c1-11(17-15(19)12-4-7-21-9-12)16(20)18-6-2-3-14(18)13-5-8-22-10-13/h4-5,7-11,14H,2-3,6H2,1H3,(H,17,19)/t11-,14-/m0/s1. The van der Waals surface area contributed by atoms with E-state index in [0.717, 1.165) is 19.4 Å². The third-order valence-corrected chi connectivity index (χ3v) is 4.67. The van der Waals surface area contributed by atoms with Gasteiger partial charge in [-0.05, 0) is 48.2 Å². The number of likely N-dealkylation sites (tertiary alicyclic amines) is 1. The second-order valence-corrected chi connectivity index (χ2v) is 6.23. The molecule has 2 aromatic heterocycles. The van der Waals surface area contributed by atoms with Gasteiger partial charge in [-0.15, -0.1) is 0 Å². The van der Waals surface area contributed by atoms with Gasteiger partial charge < -0.3 is 14.6 Å². The van der Waals surface area contributed by atoms with E-state index >= 15 is 0 Å². The maximum Gasteiger partial charge on any atom is 0.255 e. The molecule has 22 heavy (non-hydrogen) atoms. The molecule has 0 radical (unpaired) electrons. The van der Waals surface area contributed by atoms with Gasteiger partial charge in [0.1, 0.15) is 12.3 Å². The summed E-state index contributed by atoms with van der Waals surface area (Å²) in [5.41, 5.74) is 1.61. The Bertz CT molecular complexity index is 636. The highest BCUT2D eigenvalue weighted by atomic mass is 32.1. The molecule has 2 aromatic rings. The van der Waals surface area contributed by atoms with E-state index in [2.05, 4.69) is 16.8 Å². The SMILES string of the molecule is C[C@H](NC(=O)c1ccoc1)C(=O)N1CCC[C@H]1c1ccsc1. The van der Waals surface area contributed by atoms with Crippen molar-refractivity contribution in [3.63, 3.8) is 0 Å². The van der Waals surface area contributed by atoms with Crippen LogP contribution in [0.3, 0.4) is 0 Å². The zero-order valence-corrected chi connectivity index (χ0v) is 13.1. The van der Waals surface area contributed by atoms with Gasteiger partial charge in [0.15, 0.2) is 0 Å². The summed E-state index contributed by atoms with van der Waals surface area (Å²) in [6.07, 6.45) is 4.78. The third-order valence-electron chi connectivity index (χ3n) is 3.97. The molecule has 0 bridgehead atoms. The van der Waals surface area contributed by atoms with E-state index in [1.54, 1.807) is 24.3 Å². The second-order valence-electron chi connectivity index (χ2n) is 5.45. The Morgan fingerprint density at radius 3 is 3.00 bits per heavy atom. The van der Waals surface area contributed by atoms with Gasteiger partial charge in [0.05, 0.1) is 17.9 Å². The van der Waals surface area contributed by atoms with E-state index in [4.69, 9.17) is 4.42 Å². The average molecular weight is 318 g/mol. The van der Waals surface area contributed by atoms with E-state index in [9.17, 15) is 9.59 Å². The molecule has 0 spiro atoms. The quantitative estimate of drug-likeness (QED) is 0.943. The minimum atomic E-state index is -0.554. The maximum absolute atomic E-state index is 12.6. The number of hydrogen-bond acceptors (Lipinski definition) is 4. The predicted molar refractivity (Wildman–Crippen MR) is 83.6 cm³/mol. The van der Waals surface area contributed by atoms with E-state index in [-0.39, 0.29) is 17.9 Å². The highest BCUT2D eigenvalue weighted by molar-refractivity contribution is 7.07. The summed E-state index contributed by atoms with van der Waals surface area (Å²) in [5, 5.41) is 6.85. The number of carbonyl (C=O) groups is 2. The van der Waals surface area contributed by atoms with Gasteiger partial charge in [-0.25, -0.2) is 0 Å². The normalized spacial score (nSPS) is 19.1. The summed E-state index contributed by atoms with van der Waals surface area (Å²) in [4.78, 5) is 26.5. The molecule has 3 heterocycles. The Kier molecular flexibility index (Phi) is 4.29. The lowest BCUT2D eigenvalue weighted by atomic mass is 10.1. The minimum absolute atomic E-state index is 0.0365. The number of thiophene rings is 1. The molecule has 0 unspecified atom stereocenters. The highest BCUT2D eigenvalue weighted by Gasteiger charge is 2.33. The Labute approximate surface area is 132 Å². The zero-order chi connectivity index (χ0) is 15.5. The smallest absolute Gasteiger partial charge is 0.255 e. The lowest BCUT2D eigenvalue weighted by Gasteiger charge is -2.27. The molecule has 1 fully saturated rings. The zero-order valence-electron chi connectivity index (χ0n) is 12.3. The van der Waals surface area contributed by atoms with Crippen molar-refractivity contribution in [2.24, 2.45) is 0 Å². The molecule has 1 aliphatic heterocycles. The summed E-state index contributed by atoms with van der Waals surface area (Å²) in [6.45, 7) is 2.47. The molecule has 5 nitrogen and oxygen atoms in total. The van der Waals surface area contributed by atoms with Crippen LogP contribution in [0.5, 0.6) is 0 Å². The number of nitrogens with one attached hydrogen (secondary N) is 1. The number of amides is 2. The first-order valence-corrected chi connectivity index (χ1v) is 8.26. The summed E-state index contributed by atoms with van der Waals surface area (Å²) in [6, 6.07) is 3.22. The van der Waals surface area contributed by atoms with E-state index < -0.39 is 6.04 Å². The summed E-state index contributed by atoms with van der Waals surface area (Å²) in [5.74, 6) is -0.327. The first kappa shape index (κ1) is 14.8. The third kappa shape index (κ3) is 2.92. The van der Waals surface area contributed by atoms with Gasteiger partial charge >= 0.3 is 0 Å². The molecule has 0 saturated carbocycles. The number of rotatable bonds is 4. The molecule has 0 aliphatic carbocycles. The molecular weight excluding hydrogens is 300 g/mol. The summed E-state index contributed by atoms with van der Waals surface area (Å²) < 4.78 is 4.89. The molecule has 116 valence electrons. The fraction of sp³-hybridized carbons (Fsp3) is 0.375. The van der Waals surface area contributed by atoms with Gasteiger partial charge in [0.25, 0.3) is 5.91 Å². The lowest BCUT2D eigenvalue weighted by Crippen LogP contribution is -2.46. The lowest BCUT2D eigenvalue weighted by molar-refractivity contribution is -0.133. The molecule has 6 heteroatoms. The maximum atomic E-state index is 12.6. The van der Waals surface area contributed by atoms with Gasteiger partial charge in [-0.1, -0.05) is 0 Å². The second kappa shape index (κ2) is 6.36. The van der Waals surface area contributed by atoms with Crippen LogP contribution < -0.4 is 5.32 Å². The Morgan fingerprint density at radius 2 is 2.32 bits per heavy atom. The molecular formula is C16H18N2O3S. The molecule has 1 aliphatic rings. The minimum Gasteiger partial charge on any atom is -0.472 e. The fourth-order valence-corrected chi connectivity index (χ4v) is 3.53. The summed E-state index contributed by atoms with van der Waals surface area (Å²) in [7, 11) is 0. The molecule has 1 saturated heterocycles. The van der Waals surface area contributed by atoms with Crippen LogP contribution in [0.25, 0.3) is 0 Å². The number of hydrogen-bond donors (Lipinski definition) is 1. The first-order chi connectivity index (χ1) is 10.7. The number of furan rings is 1. The largest absolute Gasteiger partial charge is 0.472 e. The fourth-order valence-electron chi connectivity index (χ4n) is 2.83. The van der Waals surface area contributed by atoms with Gasteiger partial charge in [0.2, 0.25) is 5.91 Å². The molecule has 3 rings (SSSR count). The van der Waals surface area contributed by atoms with Crippen LogP contribution in [0.4, 0.5) is 0 Å². The molecule has 1 N–H and O–H groups in total. The average Bonchev–Trinajstić information content (AvgIpc) is 3.26. The van der Waals surface area contributed by atoms with Gasteiger partial charge in [-0.2, -0.15) is 11.3 Å². The molecule has 0 aromatic carbocycles. The monoisotopic (exact) mass is 318 g/mol. The first-order valence-electron chi connectivity index (χ1n) is 7.32. The Morgan fingerprint density at radius 1 is 1.45 bits per heavy atom. The summed E-state index contributed by atoms with van der Waals surface area (Å²) >= 11 is 1.64. The number of nitrogens with zero attached hydrogens (tertiary/aromatic N) is 1. The van der Waals surface area contributed by atoms with E-state index in [0.29, 0.717) is 5.56 Å². The van der Waals surface area contributed by atoms with Crippen LogP contribution in [-0.2, 0) is 4.79 Å². The van der Waals surface area contributed by atoms with Crippen molar-refractivity contribution in [2.75, 3.05) is 6.54 Å². The van der Waals surface area contributed by atoms with Crippen molar-refractivity contribution in [1.82, 2.24) is 10.2 Å². The van der Waals surface area contributed by atoms with E-state index in [1.165, 1.54) is 18.1 Å². The van der Waals surface area contributed by atoms with Crippen molar-refractivity contribution >= 4 is 23.2 Å². The number of carbonyl (C=O) groups excluding carboxylic acids is 2. The van der Waals surface area contributed by atoms with Gasteiger partial charge in [-0.3, -0.25) is 9.59 Å². The van der Waals surface area contributed by atoms with Gasteiger partial charge in [0, 0.05) is 6.54 Å². The molecule has 2 atom stereocenters. The van der Waals surface area contributed by atoms with Crippen LogP contribution >= 0.6 is 11.3 Å². The van der Waals surface area contributed by atoms with Crippen molar-refractivity contribution in [1.29, 1.82) is 0 Å². The Hall–Kier alpha value is -2.08. The highest BCUT2D eigenvalue weighted by Crippen LogP contribution is 2.33. The topological polar surface area (TPSA) is 62.6 Å². The van der Waals surface area contributed by atoms with Crippen molar-refractivity contribution in [3.8, 4) is 0 Å². The van der Waals surface area contributed by atoms with Crippen LogP contribution in [0.2, 0.25) is 0 Å². The van der Waals surface area contributed by atoms with Crippen LogP contribution in [0.15, 0.2) is 39.8 Å².